The van der Waals surface area contributed by atoms with E-state index >= 15 is 0 Å². The first-order valence-electron chi connectivity index (χ1n) is 13.7. The second-order valence-electron chi connectivity index (χ2n) is 14.7. The Hall–Kier alpha value is -1.05. The van der Waals surface area contributed by atoms with Gasteiger partial charge in [-0.25, -0.2) is 0 Å². The normalized spacial score (nSPS) is 55.1. The molecule has 0 bridgehead atoms. The SMILES string of the molecule is CC1(C)C[C@H]2C3=CC[C@H]4[C@@]5(C)C=CC(=O)C(C)(C)[C@H]5CC[C@@]4(C)[C@]3(C)[C@@H](O)[C@@H](O)[C@@]2(CO)[C@@H](O)[C@@H]1O. The molecule has 5 aliphatic rings. The molecule has 0 spiro atoms. The summed E-state index contributed by atoms with van der Waals surface area (Å²) >= 11 is 0. The summed E-state index contributed by atoms with van der Waals surface area (Å²) in [5.74, 6) is 0.135. The molecule has 0 aromatic heterocycles. The summed E-state index contributed by atoms with van der Waals surface area (Å²) in [5, 5.41) is 56.7. The van der Waals surface area contributed by atoms with Gasteiger partial charge in [0.15, 0.2) is 5.78 Å². The fraction of sp³-hybridized carbons (Fsp3) is 0.833. The molecule has 36 heavy (non-hydrogen) atoms. The topological polar surface area (TPSA) is 118 Å². The Morgan fingerprint density at radius 2 is 1.50 bits per heavy atom. The number of allylic oxidation sites excluding steroid dienone is 3. The molecule has 3 fully saturated rings. The van der Waals surface area contributed by atoms with Crippen LogP contribution in [0.4, 0.5) is 0 Å². The molecule has 0 aliphatic heterocycles. The molecule has 0 heterocycles. The van der Waals surface area contributed by atoms with Crippen molar-refractivity contribution in [2.75, 3.05) is 6.61 Å². The Balaban J connectivity index is 1.70. The molecule has 6 heteroatoms. The monoisotopic (exact) mass is 502 g/mol. The maximum atomic E-state index is 12.8. The van der Waals surface area contributed by atoms with Crippen LogP contribution in [0.15, 0.2) is 23.8 Å². The van der Waals surface area contributed by atoms with E-state index in [1.165, 1.54) is 0 Å². The summed E-state index contributed by atoms with van der Waals surface area (Å²) in [5.41, 5.74) is -2.91. The third-order valence-electron chi connectivity index (χ3n) is 12.8. The maximum absolute atomic E-state index is 12.8. The molecule has 11 atom stereocenters. The molecule has 0 saturated heterocycles. The lowest BCUT2D eigenvalue weighted by molar-refractivity contribution is -0.283. The van der Waals surface area contributed by atoms with Crippen LogP contribution in [0.1, 0.15) is 74.1 Å². The second-order valence-corrected chi connectivity index (χ2v) is 14.7. The predicted octanol–water partition coefficient (Wildman–Crippen LogP) is 3.01. The summed E-state index contributed by atoms with van der Waals surface area (Å²) in [7, 11) is 0. The molecule has 0 aromatic carbocycles. The summed E-state index contributed by atoms with van der Waals surface area (Å²) in [6, 6.07) is 0. The lowest BCUT2D eigenvalue weighted by Crippen LogP contribution is -2.75. The van der Waals surface area contributed by atoms with Gasteiger partial charge in [-0.2, -0.15) is 0 Å². The molecule has 5 rings (SSSR count). The first-order valence-corrected chi connectivity index (χ1v) is 13.7. The van der Waals surface area contributed by atoms with Gasteiger partial charge in [0.1, 0.15) is 0 Å². The lowest BCUT2D eigenvalue weighted by Gasteiger charge is -2.72. The summed E-state index contributed by atoms with van der Waals surface area (Å²) in [6.07, 6.45) is 3.91. The minimum absolute atomic E-state index is 0.150. The second kappa shape index (κ2) is 7.53. The first-order chi connectivity index (χ1) is 16.5. The molecule has 0 amide bonds. The van der Waals surface area contributed by atoms with Crippen LogP contribution in [0.3, 0.4) is 0 Å². The van der Waals surface area contributed by atoms with Crippen LogP contribution in [-0.2, 0) is 4.79 Å². The van der Waals surface area contributed by atoms with Crippen molar-refractivity contribution in [1.82, 2.24) is 0 Å². The quantitative estimate of drug-likeness (QED) is 0.352. The van der Waals surface area contributed by atoms with E-state index in [1.807, 2.05) is 13.8 Å². The zero-order chi connectivity index (χ0) is 26.9. The van der Waals surface area contributed by atoms with Gasteiger partial charge in [0.05, 0.1) is 36.4 Å². The highest BCUT2D eigenvalue weighted by Gasteiger charge is 2.74. The maximum Gasteiger partial charge on any atom is 0.161 e. The number of hydrogen-bond donors (Lipinski definition) is 5. The van der Waals surface area contributed by atoms with E-state index in [0.29, 0.717) is 6.42 Å². The van der Waals surface area contributed by atoms with Gasteiger partial charge in [-0.3, -0.25) is 4.79 Å². The molecular formula is C30H46O6. The van der Waals surface area contributed by atoms with Gasteiger partial charge < -0.3 is 25.5 Å². The molecule has 5 N–H and O–H groups in total. The van der Waals surface area contributed by atoms with Crippen LogP contribution < -0.4 is 0 Å². The van der Waals surface area contributed by atoms with Crippen LogP contribution in [0.5, 0.6) is 0 Å². The van der Waals surface area contributed by atoms with Gasteiger partial charge in [-0.15, -0.1) is 0 Å². The van der Waals surface area contributed by atoms with E-state index < -0.39 is 52.7 Å². The molecule has 0 aromatic rings. The van der Waals surface area contributed by atoms with Crippen molar-refractivity contribution in [2.45, 2.75) is 98.6 Å². The highest BCUT2D eigenvalue weighted by molar-refractivity contribution is 5.95. The Bertz CT molecular complexity index is 1030. The van der Waals surface area contributed by atoms with Crippen molar-refractivity contribution in [3.63, 3.8) is 0 Å². The molecular weight excluding hydrogens is 456 g/mol. The Morgan fingerprint density at radius 3 is 2.11 bits per heavy atom. The van der Waals surface area contributed by atoms with Gasteiger partial charge in [-0.1, -0.05) is 66.2 Å². The van der Waals surface area contributed by atoms with Crippen molar-refractivity contribution in [3.8, 4) is 0 Å². The van der Waals surface area contributed by atoms with E-state index in [0.717, 1.165) is 24.8 Å². The van der Waals surface area contributed by atoms with E-state index in [9.17, 15) is 30.3 Å². The van der Waals surface area contributed by atoms with Crippen LogP contribution >= 0.6 is 0 Å². The van der Waals surface area contributed by atoms with E-state index in [4.69, 9.17) is 0 Å². The number of fused-ring (bicyclic) bond motifs is 7. The largest absolute Gasteiger partial charge is 0.396 e. The average Bonchev–Trinajstić information content (AvgIpc) is 2.80. The minimum Gasteiger partial charge on any atom is -0.396 e. The Kier molecular flexibility index (Phi) is 5.56. The summed E-state index contributed by atoms with van der Waals surface area (Å²) in [6.45, 7) is 14.0. The molecule has 0 unspecified atom stereocenters. The predicted molar refractivity (Wildman–Crippen MR) is 137 cm³/mol. The first kappa shape index (κ1) is 26.6. The fourth-order valence-corrected chi connectivity index (χ4v) is 10.3. The highest BCUT2D eigenvalue weighted by Crippen LogP contribution is 2.74. The summed E-state index contributed by atoms with van der Waals surface area (Å²) < 4.78 is 0. The molecule has 6 nitrogen and oxygen atoms in total. The number of hydrogen-bond acceptors (Lipinski definition) is 6. The average molecular weight is 503 g/mol. The third kappa shape index (κ3) is 2.73. The van der Waals surface area contributed by atoms with Gasteiger partial charge in [-0.05, 0) is 65.8 Å². The fourth-order valence-electron chi connectivity index (χ4n) is 10.3. The van der Waals surface area contributed by atoms with Crippen molar-refractivity contribution in [3.05, 3.63) is 23.8 Å². The van der Waals surface area contributed by atoms with Gasteiger partial charge in [0.2, 0.25) is 0 Å². The van der Waals surface area contributed by atoms with Crippen LogP contribution in [0.25, 0.3) is 0 Å². The number of ketones is 1. The number of aliphatic hydroxyl groups excluding tert-OH is 5. The molecule has 0 radical (unpaired) electrons. The van der Waals surface area contributed by atoms with E-state index in [-0.39, 0.29) is 34.4 Å². The van der Waals surface area contributed by atoms with Gasteiger partial charge >= 0.3 is 0 Å². The lowest BCUT2D eigenvalue weighted by atomic mass is 9.33. The third-order valence-corrected chi connectivity index (χ3v) is 12.8. The van der Waals surface area contributed by atoms with Gasteiger partial charge in [0.25, 0.3) is 0 Å². The Labute approximate surface area is 215 Å². The van der Waals surface area contributed by atoms with Crippen molar-refractivity contribution in [2.24, 2.45) is 50.2 Å². The molecule has 5 aliphatic carbocycles. The Morgan fingerprint density at radius 1 is 0.889 bits per heavy atom. The van der Waals surface area contributed by atoms with Crippen LogP contribution in [0.2, 0.25) is 0 Å². The van der Waals surface area contributed by atoms with E-state index in [2.05, 4.69) is 46.8 Å². The molecule has 202 valence electrons. The van der Waals surface area contributed by atoms with Crippen molar-refractivity contribution in [1.29, 1.82) is 0 Å². The zero-order valence-electron chi connectivity index (χ0n) is 23.0. The van der Waals surface area contributed by atoms with Gasteiger partial charge in [0, 0.05) is 10.8 Å². The van der Waals surface area contributed by atoms with E-state index in [1.54, 1.807) is 6.08 Å². The highest BCUT2D eigenvalue weighted by atomic mass is 16.4. The molecule has 3 saturated carbocycles. The number of carbonyl (C=O) groups excluding carboxylic acids is 1. The minimum atomic E-state index is -1.43. The number of carbonyl (C=O) groups is 1. The van der Waals surface area contributed by atoms with Crippen LogP contribution in [0, 0.1) is 50.2 Å². The number of aliphatic hydroxyl groups is 5. The summed E-state index contributed by atoms with van der Waals surface area (Å²) in [4.78, 5) is 12.8. The number of rotatable bonds is 1. The van der Waals surface area contributed by atoms with Crippen LogP contribution in [-0.4, -0.2) is 62.3 Å². The standard InChI is InChI=1S/C30H46O6/c1-25(2)14-17-16-8-9-19-27(5)12-11-20(32)26(3,4)18(27)10-13-28(19,6)29(16,7)22(34)24(36)30(17,15-31)23(35)21(25)33/h8,11-12,17-19,21-24,31,33-36H,9-10,13-15H2,1-7H3/t17-,18+,19-,21-,22-,23-,24+,27-,28+,29-,30+/m0/s1. The zero-order valence-corrected chi connectivity index (χ0v) is 23.0. The van der Waals surface area contributed by atoms with Crippen molar-refractivity contribution < 1.29 is 30.3 Å². The van der Waals surface area contributed by atoms with Crippen molar-refractivity contribution >= 4 is 5.78 Å². The smallest absolute Gasteiger partial charge is 0.161 e.